The summed E-state index contributed by atoms with van der Waals surface area (Å²) in [5, 5.41) is 0. The molecule has 0 aliphatic rings. The van der Waals surface area contributed by atoms with E-state index in [1.807, 2.05) is 0 Å². The van der Waals surface area contributed by atoms with Crippen LogP contribution in [0.25, 0.3) is 0 Å². The van der Waals surface area contributed by atoms with Gasteiger partial charge in [-0.15, -0.1) is 0 Å². The first-order chi connectivity index (χ1) is 8.50. The molecule has 0 spiro atoms. The molecule has 1 nitrogen and oxygen atoms in total. The molecule has 0 aliphatic carbocycles. The zero-order valence-corrected chi connectivity index (χ0v) is 10.7. The van der Waals surface area contributed by atoms with Crippen LogP contribution in [0.4, 0.5) is 13.2 Å². The molecule has 0 bridgehead atoms. The Kier molecular flexibility index (Phi) is 3.73. The number of halogens is 4. The Morgan fingerprint density at radius 3 is 2.11 bits per heavy atom. The molecule has 2 aromatic carbocycles. The first-order valence-corrected chi connectivity index (χ1v) is 5.94. The molecule has 0 saturated heterocycles. The number of rotatable bonds is 2. The lowest BCUT2D eigenvalue weighted by atomic mass is 9.98. The van der Waals surface area contributed by atoms with Gasteiger partial charge in [-0.1, -0.05) is 28.1 Å². The normalized spacial score (nSPS) is 12.5. The Morgan fingerprint density at radius 2 is 1.56 bits per heavy atom. The molecule has 94 valence electrons. The molecule has 1 atom stereocenters. The predicted molar refractivity (Wildman–Crippen MR) is 66.5 cm³/mol. The summed E-state index contributed by atoms with van der Waals surface area (Å²) < 4.78 is 41.3. The van der Waals surface area contributed by atoms with Crippen LogP contribution in [0.1, 0.15) is 17.2 Å². The molecule has 0 saturated carbocycles. The van der Waals surface area contributed by atoms with Gasteiger partial charge in [-0.25, -0.2) is 13.2 Å². The zero-order valence-electron chi connectivity index (χ0n) is 9.13. The van der Waals surface area contributed by atoms with E-state index in [1.54, 1.807) is 6.07 Å². The predicted octanol–water partition coefficient (Wildman–Crippen LogP) is 3.91. The smallest absolute Gasteiger partial charge is 0.131 e. The van der Waals surface area contributed by atoms with E-state index in [0.29, 0.717) is 4.47 Å². The average Bonchev–Trinajstić information content (AvgIpc) is 2.28. The molecular weight excluding hydrogens is 307 g/mol. The summed E-state index contributed by atoms with van der Waals surface area (Å²) >= 11 is 3.10. The lowest BCUT2D eigenvalue weighted by molar-refractivity contribution is 0.533. The minimum atomic E-state index is -1.18. The maximum absolute atomic E-state index is 13.7. The fraction of sp³-hybridized carbons (Fsp3) is 0.0769. The third kappa shape index (κ3) is 2.42. The maximum Gasteiger partial charge on any atom is 0.131 e. The molecule has 1 unspecified atom stereocenters. The Morgan fingerprint density at radius 1 is 0.944 bits per heavy atom. The summed E-state index contributed by atoms with van der Waals surface area (Å²) in [6.07, 6.45) is 0. The van der Waals surface area contributed by atoms with Crippen molar-refractivity contribution in [1.82, 2.24) is 0 Å². The molecule has 2 aromatic rings. The van der Waals surface area contributed by atoms with Crippen LogP contribution < -0.4 is 5.73 Å². The van der Waals surface area contributed by atoms with Crippen molar-refractivity contribution in [2.75, 3.05) is 0 Å². The summed E-state index contributed by atoms with van der Waals surface area (Å²) in [5.41, 5.74) is 5.44. The standard InChI is InChI=1S/C13H9BrF3N/c14-7-4-5-8(11(17)6-7)13(18)12-9(15)2-1-3-10(12)16/h1-6,13H,18H2. The summed E-state index contributed by atoms with van der Waals surface area (Å²) in [6, 6.07) is 6.41. The number of benzene rings is 2. The third-order valence-corrected chi connectivity index (χ3v) is 3.10. The second-order valence-corrected chi connectivity index (χ2v) is 4.69. The lowest BCUT2D eigenvalue weighted by Gasteiger charge is -2.15. The van der Waals surface area contributed by atoms with Gasteiger partial charge < -0.3 is 5.73 Å². The van der Waals surface area contributed by atoms with E-state index >= 15 is 0 Å². The Hall–Kier alpha value is -1.33. The molecule has 2 N–H and O–H groups in total. The molecule has 0 aliphatic heterocycles. The van der Waals surface area contributed by atoms with Gasteiger partial charge in [0, 0.05) is 15.6 Å². The van der Waals surface area contributed by atoms with Gasteiger partial charge in [0.25, 0.3) is 0 Å². The largest absolute Gasteiger partial charge is 0.320 e. The summed E-state index contributed by atoms with van der Waals surface area (Å²) in [6.45, 7) is 0. The van der Waals surface area contributed by atoms with Crippen molar-refractivity contribution < 1.29 is 13.2 Å². The third-order valence-electron chi connectivity index (χ3n) is 2.61. The van der Waals surface area contributed by atoms with Crippen LogP contribution in [-0.2, 0) is 0 Å². The Balaban J connectivity index is 2.51. The van der Waals surface area contributed by atoms with Crippen LogP contribution in [-0.4, -0.2) is 0 Å². The average molecular weight is 316 g/mol. The van der Waals surface area contributed by atoms with Crippen molar-refractivity contribution in [3.63, 3.8) is 0 Å². The topological polar surface area (TPSA) is 26.0 Å². The number of nitrogens with two attached hydrogens (primary N) is 1. The van der Waals surface area contributed by atoms with E-state index in [0.717, 1.165) is 12.1 Å². The van der Waals surface area contributed by atoms with Gasteiger partial charge in [0.2, 0.25) is 0 Å². The minimum Gasteiger partial charge on any atom is -0.320 e. The number of hydrogen-bond acceptors (Lipinski definition) is 1. The van der Waals surface area contributed by atoms with Gasteiger partial charge in [-0.05, 0) is 24.3 Å². The summed E-state index contributed by atoms with van der Waals surface area (Å²) in [4.78, 5) is 0. The highest BCUT2D eigenvalue weighted by atomic mass is 79.9. The van der Waals surface area contributed by atoms with Gasteiger partial charge >= 0.3 is 0 Å². The minimum absolute atomic E-state index is 0.0437. The van der Waals surface area contributed by atoms with E-state index in [4.69, 9.17) is 5.73 Å². The van der Waals surface area contributed by atoms with Gasteiger partial charge in [-0.2, -0.15) is 0 Å². The van der Waals surface area contributed by atoms with Gasteiger partial charge in [0.1, 0.15) is 17.5 Å². The molecule has 0 amide bonds. The highest BCUT2D eigenvalue weighted by molar-refractivity contribution is 9.10. The molecule has 0 radical (unpaired) electrons. The molecule has 0 fully saturated rings. The highest BCUT2D eigenvalue weighted by Crippen LogP contribution is 2.27. The fourth-order valence-electron chi connectivity index (χ4n) is 1.72. The van der Waals surface area contributed by atoms with Crippen molar-refractivity contribution in [2.24, 2.45) is 5.73 Å². The van der Waals surface area contributed by atoms with Crippen LogP contribution in [0.3, 0.4) is 0 Å². The first kappa shape index (κ1) is 13.1. The number of hydrogen-bond donors (Lipinski definition) is 1. The first-order valence-electron chi connectivity index (χ1n) is 5.15. The van der Waals surface area contributed by atoms with Crippen LogP contribution >= 0.6 is 15.9 Å². The van der Waals surface area contributed by atoms with E-state index < -0.39 is 23.5 Å². The van der Waals surface area contributed by atoms with E-state index in [2.05, 4.69) is 15.9 Å². The van der Waals surface area contributed by atoms with Crippen molar-refractivity contribution in [2.45, 2.75) is 6.04 Å². The van der Waals surface area contributed by atoms with Gasteiger partial charge in [0.15, 0.2) is 0 Å². The zero-order chi connectivity index (χ0) is 13.3. The van der Waals surface area contributed by atoms with Crippen LogP contribution in [0.15, 0.2) is 40.9 Å². The highest BCUT2D eigenvalue weighted by Gasteiger charge is 2.20. The van der Waals surface area contributed by atoms with Crippen molar-refractivity contribution in [3.05, 3.63) is 69.4 Å². The SMILES string of the molecule is NC(c1ccc(Br)cc1F)c1c(F)cccc1F. The molecule has 2 rings (SSSR count). The fourth-order valence-corrected chi connectivity index (χ4v) is 2.05. The van der Waals surface area contributed by atoms with Crippen molar-refractivity contribution in [3.8, 4) is 0 Å². The Labute approximate surface area is 111 Å². The maximum atomic E-state index is 13.7. The molecule has 18 heavy (non-hydrogen) atoms. The van der Waals surface area contributed by atoms with Gasteiger partial charge in [0.05, 0.1) is 6.04 Å². The molecule has 0 heterocycles. The van der Waals surface area contributed by atoms with E-state index in [-0.39, 0.29) is 11.1 Å². The lowest BCUT2D eigenvalue weighted by Crippen LogP contribution is -2.17. The molecule has 0 aromatic heterocycles. The van der Waals surface area contributed by atoms with Crippen LogP contribution in [0.5, 0.6) is 0 Å². The summed E-state index contributed by atoms with van der Waals surface area (Å²) in [7, 11) is 0. The summed E-state index contributed by atoms with van der Waals surface area (Å²) in [5.74, 6) is -2.19. The Bertz CT molecular complexity index is 566. The molecular formula is C13H9BrF3N. The quantitative estimate of drug-likeness (QED) is 0.893. The van der Waals surface area contributed by atoms with Gasteiger partial charge in [-0.3, -0.25) is 0 Å². The van der Waals surface area contributed by atoms with E-state index in [9.17, 15) is 13.2 Å². The van der Waals surface area contributed by atoms with Crippen LogP contribution in [0, 0.1) is 17.5 Å². The second-order valence-electron chi connectivity index (χ2n) is 3.78. The second kappa shape index (κ2) is 5.12. The molecule has 5 heteroatoms. The van der Waals surface area contributed by atoms with Crippen LogP contribution in [0.2, 0.25) is 0 Å². The monoisotopic (exact) mass is 315 g/mol. The van der Waals surface area contributed by atoms with Crippen molar-refractivity contribution >= 4 is 15.9 Å². The van der Waals surface area contributed by atoms with Crippen molar-refractivity contribution in [1.29, 1.82) is 0 Å². The van der Waals surface area contributed by atoms with E-state index in [1.165, 1.54) is 18.2 Å².